The Balaban J connectivity index is 2.69. The van der Waals surface area contributed by atoms with Crippen LogP contribution in [0.3, 0.4) is 0 Å². The molecule has 0 fully saturated rings. The van der Waals surface area contributed by atoms with Crippen molar-refractivity contribution in [2.24, 2.45) is 0 Å². The van der Waals surface area contributed by atoms with Crippen molar-refractivity contribution in [1.29, 1.82) is 0 Å². The van der Waals surface area contributed by atoms with E-state index in [-0.39, 0.29) is 11.4 Å². The Bertz CT molecular complexity index is 688. The molecule has 2 rings (SSSR count). The third kappa shape index (κ3) is 3.18. The topological polar surface area (TPSA) is 50.2 Å². The fourth-order valence-corrected chi connectivity index (χ4v) is 2.64. The third-order valence-electron chi connectivity index (χ3n) is 2.56. The Morgan fingerprint density at radius 3 is 2.45 bits per heavy atom. The Morgan fingerprint density at radius 2 is 1.80 bits per heavy atom. The molecule has 0 aliphatic heterocycles. The van der Waals surface area contributed by atoms with E-state index in [1.165, 1.54) is 12.3 Å². The molecule has 0 unspecified atom stereocenters. The van der Waals surface area contributed by atoms with Gasteiger partial charge in [-0.3, -0.25) is 9.78 Å². The zero-order valence-corrected chi connectivity index (χ0v) is 12.9. The summed E-state index contributed by atoms with van der Waals surface area (Å²) in [4.78, 5) is 15.1. The van der Waals surface area contributed by atoms with Crippen molar-refractivity contribution in [2.75, 3.05) is 0 Å². The first kappa shape index (κ1) is 15.4. The summed E-state index contributed by atoms with van der Waals surface area (Å²) < 4.78 is 0. The second kappa shape index (κ2) is 6.19. The summed E-state index contributed by atoms with van der Waals surface area (Å²) in [7, 11) is 0. The Labute approximate surface area is 135 Å². The number of pyridine rings is 1. The first-order valence-electron chi connectivity index (χ1n) is 5.40. The molecule has 0 amide bonds. The SMILES string of the molecule is O=C(O)Cc1cc(Cl)cnc1-c1c(Cl)ccc(Cl)c1Cl. The van der Waals surface area contributed by atoms with E-state index >= 15 is 0 Å². The maximum Gasteiger partial charge on any atom is 0.307 e. The predicted molar refractivity (Wildman–Crippen MR) is 81.1 cm³/mol. The molecule has 0 spiro atoms. The molecular weight excluding hydrogens is 344 g/mol. The molecule has 0 aliphatic carbocycles. The van der Waals surface area contributed by atoms with Gasteiger partial charge in [-0.15, -0.1) is 0 Å². The highest BCUT2D eigenvalue weighted by atomic mass is 35.5. The average Bonchev–Trinajstić information content (AvgIpc) is 2.36. The fourth-order valence-electron chi connectivity index (χ4n) is 1.75. The zero-order valence-electron chi connectivity index (χ0n) is 9.83. The quantitative estimate of drug-likeness (QED) is 0.793. The van der Waals surface area contributed by atoms with Crippen LogP contribution in [0.15, 0.2) is 24.4 Å². The molecule has 1 aromatic heterocycles. The van der Waals surface area contributed by atoms with E-state index in [0.717, 1.165) is 0 Å². The number of aromatic nitrogens is 1. The van der Waals surface area contributed by atoms with Gasteiger partial charge in [0.25, 0.3) is 0 Å². The molecule has 104 valence electrons. The number of aliphatic carboxylic acids is 1. The van der Waals surface area contributed by atoms with Crippen LogP contribution in [0.5, 0.6) is 0 Å². The van der Waals surface area contributed by atoms with Gasteiger partial charge in [0.15, 0.2) is 0 Å². The summed E-state index contributed by atoms with van der Waals surface area (Å²) in [5.74, 6) is -1.01. The first-order valence-corrected chi connectivity index (χ1v) is 6.91. The highest BCUT2D eigenvalue weighted by Crippen LogP contribution is 2.40. The van der Waals surface area contributed by atoms with Crippen molar-refractivity contribution in [2.45, 2.75) is 6.42 Å². The average molecular weight is 351 g/mol. The van der Waals surface area contributed by atoms with Crippen LogP contribution in [0.2, 0.25) is 20.1 Å². The Kier molecular flexibility index (Phi) is 4.76. The Morgan fingerprint density at radius 1 is 1.15 bits per heavy atom. The van der Waals surface area contributed by atoms with Gasteiger partial charge < -0.3 is 5.11 Å². The van der Waals surface area contributed by atoms with Crippen LogP contribution in [0.4, 0.5) is 0 Å². The lowest BCUT2D eigenvalue weighted by molar-refractivity contribution is -0.136. The standard InChI is InChI=1S/C13H7Cl4NO2/c14-7-3-6(4-10(19)20)13(18-5-7)11-8(15)1-2-9(16)12(11)17/h1-3,5H,4H2,(H,19,20). The van der Waals surface area contributed by atoms with Crippen molar-refractivity contribution in [3.05, 3.63) is 50.0 Å². The molecule has 20 heavy (non-hydrogen) atoms. The molecule has 0 saturated heterocycles. The van der Waals surface area contributed by atoms with Gasteiger partial charge in [0.2, 0.25) is 0 Å². The smallest absolute Gasteiger partial charge is 0.307 e. The highest BCUT2D eigenvalue weighted by molar-refractivity contribution is 6.46. The lowest BCUT2D eigenvalue weighted by Crippen LogP contribution is -2.03. The molecule has 1 aromatic carbocycles. The highest BCUT2D eigenvalue weighted by Gasteiger charge is 2.18. The largest absolute Gasteiger partial charge is 0.481 e. The lowest BCUT2D eigenvalue weighted by Gasteiger charge is -2.12. The number of carbonyl (C=O) groups is 1. The third-order valence-corrected chi connectivity index (χ3v) is 3.88. The van der Waals surface area contributed by atoms with Crippen LogP contribution in [-0.2, 0) is 11.2 Å². The van der Waals surface area contributed by atoms with E-state index in [1.807, 2.05) is 0 Å². The molecule has 0 aliphatic rings. The maximum absolute atomic E-state index is 10.9. The van der Waals surface area contributed by atoms with Gasteiger partial charge in [-0.25, -0.2) is 0 Å². The monoisotopic (exact) mass is 349 g/mol. The van der Waals surface area contributed by atoms with E-state index in [0.29, 0.717) is 31.9 Å². The minimum Gasteiger partial charge on any atom is -0.481 e. The number of carboxylic acid groups (broad SMARTS) is 1. The number of carboxylic acids is 1. The molecule has 0 bridgehead atoms. The number of rotatable bonds is 3. The predicted octanol–water partition coefficient (Wildman–Crippen LogP) is 4.99. The maximum atomic E-state index is 10.9. The minimum absolute atomic E-state index is 0.223. The van der Waals surface area contributed by atoms with Gasteiger partial charge in [-0.2, -0.15) is 0 Å². The van der Waals surface area contributed by atoms with Gasteiger partial charge in [-0.05, 0) is 23.8 Å². The molecule has 3 nitrogen and oxygen atoms in total. The summed E-state index contributed by atoms with van der Waals surface area (Å²) in [6.45, 7) is 0. The van der Waals surface area contributed by atoms with E-state index in [1.54, 1.807) is 12.1 Å². The zero-order chi connectivity index (χ0) is 14.9. The van der Waals surface area contributed by atoms with E-state index in [4.69, 9.17) is 51.5 Å². The molecular formula is C13H7Cl4NO2. The number of hydrogen-bond acceptors (Lipinski definition) is 2. The first-order chi connectivity index (χ1) is 9.40. The van der Waals surface area contributed by atoms with Crippen LogP contribution >= 0.6 is 46.4 Å². The van der Waals surface area contributed by atoms with Gasteiger partial charge in [0, 0.05) is 11.8 Å². The molecule has 1 heterocycles. The van der Waals surface area contributed by atoms with Crippen LogP contribution in [0.25, 0.3) is 11.3 Å². The van der Waals surface area contributed by atoms with Gasteiger partial charge in [0.1, 0.15) is 0 Å². The summed E-state index contributed by atoms with van der Waals surface area (Å²) in [5.41, 5.74) is 1.17. The van der Waals surface area contributed by atoms with Crippen LogP contribution in [-0.4, -0.2) is 16.1 Å². The summed E-state index contributed by atoms with van der Waals surface area (Å²) in [5, 5.41) is 10.2. The van der Waals surface area contributed by atoms with Crippen LogP contribution < -0.4 is 0 Å². The van der Waals surface area contributed by atoms with Gasteiger partial charge in [0.05, 0.1) is 32.2 Å². The molecule has 7 heteroatoms. The van der Waals surface area contributed by atoms with Gasteiger partial charge in [-0.1, -0.05) is 46.4 Å². The number of hydrogen-bond donors (Lipinski definition) is 1. The summed E-state index contributed by atoms with van der Waals surface area (Å²) >= 11 is 24.1. The molecule has 2 aromatic rings. The lowest BCUT2D eigenvalue weighted by atomic mass is 10.0. The number of benzene rings is 1. The molecule has 1 N–H and O–H groups in total. The van der Waals surface area contributed by atoms with E-state index in [2.05, 4.69) is 4.98 Å². The van der Waals surface area contributed by atoms with Crippen molar-refractivity contribution >= 4 is 52.4 Å². The minimum atomic E-state index is -1.01. The van der Waals surface area contributed by atoms with E-state index < -0.39 is 5.97 Å². The van der Waals surface area contributed by atoms with Crippen molar-refractivity contribution in [3.8, 4) is 11.3 Å². The normalized spacial score (nSPS) is 10.6. The fraction of sp³-hybridized carbons (Fsp3) is 0.0769. The summed E-state index contributed by atoms with van der Waals surface area (Å²) in [6, 6.07) is 4.65. The number of nitrogens with zero attached hydrogens (tertiary/aromatic N) is 1. The second-order valence-electron chi connectivity index (χ2n) is 3.95. The van der Waals surface area contributed by atoms with Crippen molar-refractivity contribution < 1.29 is 9.90 Å². The number of halogens is 4. The van der Waals surface area contributed by atoms with E-state index in [9.17, 15) is 4.79 Å². The second-order valence-corrected chi connectivity index (χ2v) is 5.58. The van der Waals surface area contributed by atoms with Crippen molar-refractivity contribution in [1.82, 2.24) is 4.98 Å². The van der Waals surface area contributed by atoms with Gasteiger partial charge >= 0.3 is 5.97 Å². The van der Waals surface area contributed by atoms with Crippen LogP contribution in [0, 0.1) is 0 Å². The summed E-state index contributed by atoms with van der Waals surface area (Å²) in [6.07, 6.45) is 1.15. The van der Waals surface area contributed by atoms with Crippen molar-refractivity contribution in [3.63, 3.8) is 0 Å². The molecule has 0 saturated carbocycles. The Hall–Kier alpha value is -1.000. The molecule has 0 radical (unpaired) electrons. The molecule has 0 atom stereocenters. The van der Waals surface area contributed by atoms with Crippen LogP contribution in [0.1, 0.15) is 5.56 Å².